The van der Waals surface area contributed by atoms with Gasteiger partial charge in [0.25, 0.3) is 5.91 Å². The lowest BCUT2D eigenvalue weighted by atomic mass is 10.0. The maximum Gasteiger partial charge on any atom is 0.341 e. The third-order valence-electron chi connectivity index (χ3n) is 4.77. The lowest BCUT2D eigenvalue weighted by molar-refractivity contribution is -0.913. The largest absolute Gasteiger partial charge is 0.497 e. The van der Waals surface area contributed by atoms with E-state index in [0.29, 0.717) is 28.5 Å². The second kappa shape index (κ2) is 8.54. The van der Waals surface area contributed by atoms with Gasteiger partial charge in [-0.1, -0.05) is 6.07 Å². The van der Waals surface area contributed by atoms with Crippen molar-refractivity contribution in [3.05, 3.63) is 45.8 Å². The number of quaternary nitrogens is 1. The number of carbonyl (C=O) groups is 2. The number of rotatable bonds is 6. The third-order valence-corrected chi connectivity index (χ3v) is 5.92. The molecule has 6 nitrogen and oxygen atoms in total. The van der Waals surface area contributed by atoms with Crippen LogP contribution in [0.1, 0.15) is 45.0 Å². The van der Waals surface area contributed by atoms with Gasteiger partial charge in [0.1, 0.15) is 17.3 Å². The maximum atomic E-state index is 12.7. The molecule has 2 aromatic rings. The number of carbonyl (C=O) groups excluding carboxylic acids is 2. The fraction of sp³-hybridized carbons (Fsp3) is 0.400. The Balaban J connectivity index is 1.92. The van der Waals surface area contributed by atoms with Gasteiger partial charge in [-0.25, -0.2) is 4.79 Å². The van der Waals surface area contributed by atoms with Crippen LogP contribution in [0.25, 0.3) is 0 Å². The molecule has 27 heavy (non-hydrogen) atoms. The normalized spacial score (nSPS) is 15.7. The number of benzene rings is 1. The zero-order valence-electron chi connectivity index (χ0n) is 15.9. The van der Waals surface area contributed by atoms with Gasteiger partial charge in [0.05, 0.1) is 37.2 Å². The molecule has 1 atom stereocenters. The summed E-state index contributed by atoms with van der Waals surface area (Å²) in [6.45, 7) is 7.14. The Hall–Kier alpha value is -2.38. The first-order valence-corrected chi connectivity index (χ1v) is 9.99. The first kappa shape index (κ1) is 19.4. The van der Waals surface area contributed by atoms with Crippen LogP contribution < -0.4 is 15.0 Å². The van der Waals surface area contributed by atoms with E-state index in [0.717, 1.165) is 36.5 Å². The molecule has 0 bridgehead atoms. The number of fused-ring (bicyclic) bond motifs is 1. The molecular weight excluding hydrogens is 364 g/mol. The first-order chi connectivity index (χ1) is 13.1. The number of thiophene rings is 1. The van der Waals surface area contributed by atoms with Crippen LogP contribution in [0.5, 0.6) is 5.75 Å². The molecule has 1 aliphatic heterocycles. The monoisotopic (exact) mass is 389 g/mol. The van der Waals surface area contributed by atoms with E-state index in [-0.39, 0.29) is 11.9 Å². The van der Waals surface area contributed by atoms with Crippen molar-refractivity contribution in [1.82, 2.24) is 0 Å². The lowest BCUT2D eigenvalue weighted by Crippen LogP contribution is -3.11. The number of hydrogen-bond donors (Lipinski definition) is 2. The van der Waals surface area contributed by atoms with Gasteiger partial charge in [0.15, 0.2) is 0 Å². The number of methoxy groups -OCH3 is 1. The van der Waals surface area contributed by atoms with Crippen LogP contribution in [0, 0.1) is 0 Å². The fourth-order valence-electron chi connectivity index (χ4n) is 3.29. The summed E-state index contributed by atoms with van der Waals surface area (Å²) in [4.78, 5) is 27.9. The Kier molecular flexibility index (Phi) is 6.13. The molecule has 0 aliphatic carbocycles. The minimum absolute atomic E-state index is 0.266. The van der Waals surface area contributed by atoms with Gasteiger partial charge in [-0.05, 0) is 37.6 Å². The molecule has 1 amide bonds. The number of anilines is 1. The zero-order chi connectivity index (χ0) is 19.4. The molecule has 144 valence electrons. The van der Waals surface area contributed by atoms with Gasteiger partial charge < -0.3 is 19.7 Å². The first-order valence-electron chi connectivity index (χ1n) is 9.18. The fourth-order valence-corrected chi connectivity index (χ4v) is 4.59. The predicted octanol–water partition coefficient (Wildman–Crippen LogP) is 2.15. The molecule has 0 fully saturated rings. The Labute approximate surface area is 163 Å². The lowest BCUT2D eigenvalue weighted by Gasteiger charge is -2.22. The van der Waals surface area contributed by atoms with Crippen molar-refractivity contribution < 1.29 is 24.0 Å². The van der Waals surface area contributed by atoms with Gasteiger partial charge in [0, 0.05) is 12.0 Å². The summed E-state index contributed by atoms with van der Waals surface area (Å²) in [7, 11) is 1.56. The van der Waals surface area contributed by atoms with Crippen molar-refractivity contribution in [3.63, 3.8) is 0 Å². The van der Waals surface area contributed by atoms with Crippen LogP contribution in [0.2, 0.25) is 0 Å². The van der Waals surface area contributed by atoms with E-state index in [4.69, 9.17) is 9.47 Å². The maximum absolute atomic E-state index is 12.7. The average molecular weight is 389 g/mol. The summed E-state index contributed by atoms with van der Waals surface area (Å²) < 4.78 is 10.4. The van der Waals surface area contributed by atoms with Crippen LogP contribution in [0.4, 0.5) is 5.00 Å². The Morgan fingerprint density at radius 3 is 2.81 bits per heavy atom. The van der Waals surface area contributed by atoms with E-state index in [1.807, 2.05) is 0 Å². The van der Waals surface area contributed by atoms with E-state index >= 15 is 0 Å². The average Bonchev–Trinajstić information content (AvgIpc) is 3.04. The molecule has 1 aliphatic rings. The molecule has 0 saturated carbocycles. The van der Waals surface area contributed by atoms with E-state index in [9.17, 15) is 9.59 Å². The smallest absolute Gasteiger partial charge is 0.341 e. The van der Waals surface area contributed by atoms with Crippen molar-refractivity contribution in [2.75, 3.05) is 32.1 Å². The van der Waals surface area contributed by atoms with Gasteiger partial charge in [-0.15, -0.1) is 11.3 Å². The van der Waals surface area contributed by atoms with Crippen molar-refractivity contribution in [2.45, 2.75) is 26.8 Å². The second-order valence-corrected chi connectivity index (χ2v) is 7.50. The summed E-state index contributed by atoms with van der Waals surface area (Å²) in [6, 6.07) is 6.95. The highest BCUT2D eigenvalue weighted by molar-refractivity contribution is 7.17. The van der Waals surface area contributed by atoms with E-state index in [1.165, 1.54) is 16.2 Å². The molecular formula is C20H25N2O4S+. The molecule has 2 N–H and O–H groups in total. The van der Waals surface area contributed by atoms with Crippen LogP contribution in [0.15, 0.2) is 24.3 Å². The number of amides is 1. The number of nitrogens with one attached hydrogen (secondary N) is 2. The third kappa shape index (κ3) is 4.14. The summed E-state index contributed by atoms with van der Waals surface area (Å²) in [6.07, 6.45) is 0.818. The highest BCUT2D eigenvalue weighted by Crippen LogP contribution is 2.35. The summed E-state index contributed by atoms with van der Waals surface area (Å²) in [5.41, 5.74) is 2.02. The number of esters is 1. The van der Waals surface area contributed by atoms with Crippen LogP contribution in [-0.2, 0) is 17.7 Å². The summed E-state index contributed by atoms with van der Waals surface area (Å²) >= 11 is 1.48. The molecule has 2 heterocycles. The van der Waals surface area contributed by atoms with Crippen molar-refractivity contribution >= 4 is 28.2 Å². The van der Waals surface area contributed by atoms with Crippen molar-refractivity contribution in [3.8, 4) is 5.75 Å². The Morgan fingerprint density at radius 2 is 2.11 bits per heavy atom. The van der Waals surface area contributed by atoms with Gasteiger partial charge in [-0.3, -0.25) is 4.79 Å². The molecule has 0 radical (unpaired) electrons. The van der Waals surface area contributed by atoms with Crippen LogP contribution in [-0.4, -0.2) is 38.7 Å². The van der Waals surface area contributed by atoms with E-state index < -0.39 is 0 Å². The SMILES string of the molecule is CCOC(=O)c1c(NC(=O)c2cccc(OC)c2)sc2c1CC[NH+](CC)C2. The molecule has 1 unspecified atom stereocenters. The minimum atomic E-state index is -0.365. The molecule has 0 spiro atoms. The minimum Gasteiger partial charge on any atom is -0.497 e. The van der Waals surface area contributed by atoms with E-state index in [1.54, 1.807) is 38.3 Å². The molecule has 1 aromatic heterocycles. The molecule has 3 rings (SSSR count). The van der Waals surface area contributed by atoms with E-state index in [2.05, 4.69) is 12.2 Å². The number of hydrogen-bond acceptors (Lipinski definition) is 5. The highest BCUT2D eigenvalue weighted by Gasteiger charge is 2.31. The second-order valence-electron chi connectivity index (χ2n) is 6.39. The number of ether oxygens (including phenoxy) is 2. The quantitative estimate of drug-likeness (QED) is 0.743. The Morgan fingerprint density at radius 1 is 1.30 bits per heavy atom. The molecule has 0 saturated heterocycles. The van der Waals surface area contributed by atoms with Crippen LogP contribution in [0.3, 0.4) is 0 Å². The standard InChI is InChI=1S/C20H24N2O4S/c1-4-22-10-9-15-16(12-22)27-19(17(15)20(24)26-5-2)21-18(23)13-7-6-8-14(11-13)25-3/h6-8,11H,4-5,9-10,12H2,1-3H3,(H,21,23)/p+1. The van der Waals surface area contributed by atoms with Crippen LogP contribution >= 0.6 is 11.3 Å². The van der Waals surface area contributed by atoms with Gasteiger partial charge >= 0.3 is 5.97 Å². The van der Waals surface area contributed by atoms with Gasteiger partial charge in [0.2, 0.25) is 0 Å². The van der Waals surface area contributed by atoms with Gasteiger partial charge in [-0.2, -0.15) is 0 Å². The van der Waals surface area contributed by atoms with Crippen molar-refractivity contribution in [2.24, 2.45) is 0 Å². The summed E-state index contributed by atoms with van der Waals surface area (Å²) in [5.74, 6) is -0.0189. The predicted molar refractivity (Wildman–Crippen MR) is 105 cm³/mol. The highest BCUT2D eigenvalue weighted by atomic mass is 32.1. The number of likely N-dealkylation sites (N-methyl/N-ethyl adjacent to an activating group) is 1. The topological polar surface area (TPSA) is 69.1 Å². The zero-order valence-corrected chi connectivity index (χ0v) is 16.7. The summed E-state index contributed by atoms with van der Waals surface area (Å²) in [5, 5.41) is 3.49. The molecule has 1 aromatic carbocycles. The molecule has 7 heteroatoms. The Bertz CT molecular complexity index is 847. The van der Waals surface area contributed by atoms with Crippen molar-refractivity contribution in [1.29, 1.82) is 0 Å².